The third kappa shape index (κ3) is 4.35. The number of aliphatic carboxylic acids is 1. The number of nitrogens with zero attached hydrogens (tertiary/aromatic N) is 1. The van der Waals surface area contributed by atoms with Crippen LogP contribution in [0.3, 0.4) is 0 Å². The molecule has 0 saturated carbocycles. The maximum absolute atomic E-state index is 12.9. The molecule has 8 heteroatoms. The van der Waals surface area contributed by atoms with Crippen LogP contribution in [-0.4, -0.2) is 49.3 Å². The number of amides is 1. The first-order valence-corrected chi connectivity index (χ1v) is 9.97. The lowest BCUT2D eigenvalue weighted by Gasteiger charge is -2.17. The summed E-state index contributed by atoms with van der Waals surface area (Å²) in [5, 5.41) is 10.8. The van der Waals surface area contributed by atoms with E-state index in [1.165, 1.54) is 28.6 Å². The Morgan fingerprint density at radius 1 is 1.07 bits per heavy atom. The normalized spacial score (nSPS) is 17.6. The number of benzene rings is 2. The molecule has 3 rings (SSSR count). The zero-order chi connectivity index (χ0) is 19.4. The summed E-state index contributed by atoms with van der Waals surface area (Å²) in [6.45, 7) is 0.378. The quantitative estimate of drug-likeness (QED) is 0.784. The first-order chi connectivity index (χ1) is 12.9. The van der Waals surface area contributed by atoms with Gasteiger partial charge in [0.15, 0.2) is 0 Å². The van der Waals surface area contributed by atoms with Crippen molar-refractivity contribution in [3.05, 3.63) is 65.7 Å². The molecular weight excluding hydrogens is 368 g/mol. The van der Waals surface area contributed by atoms with E-state index in [1.54, 1.807) is 0 Å². The van der Waals surface area contributed by atoms with Crippen LogP contribution in [0.2, 0.25) is 0 Å². The minimum atomic E-state index is -3.64. The summed E-state index contributed by atoms with van der Waals surface area (Å²) in [6.07, 6.45) is 0.763. The fourth-order valence-corrected chi connectivity index (χ4v) is 4.63. The van der Waals surface area contributed by atoms with Crippen molar-refractivity contribution in [2.24, 2.45) is 0 Å². The van der Waals surface area contributed by atoms with Gasteiger partial charge in [-0.3, -0.25) is 9.59 Å². The molecule has 1 amide bonds. The van der Waals surface area contributed by atoms with Crippen LogP contribution < -0.4 is 5.32 Å². The van der Waals surface area contributed by atoms with E-state index in [4.69, 9.17) is 5.11 Å². The Morgan fingerprint density at radius 2 is 1.74 bits per heavy atom. The lowest BCUT2D eigenvalue weighted by molar-refractivity contribution is -0.135. The molecule has 1 fully saturated rings. The monoisotopic (exact) mass is 388 g/mol. The van der Waals surface area contributed by atoms with Gasteiger partial charge in [0.1, 0.15) is 6.54 Å². The van der Waals surface area contributed by atoms with E-state index in [9.17, 15) is 18.0 Å². The Kier molecular flexibility index (Phi) is 5.57. The Hall–Kier alpha value is -2.71. The largest absolute Gasteiger partial charge is 0.480 e. The van der Waals surface area contributed by atoms with E-state index in [0.29, 0.717) is 13.1 Å². The SMILES string of the molecule is O=C(O)CNC(=O)c1ccc(S(=O)(=O)N2CCC(c3ccccc3)C2)cc1. The predicted octanol–water partition coefficient (Wildman–Crippen LogP) is 1.68. The lowest BCUT2D eigenvalue weighted by atomic mass is 9.99. The van der Waals surface area contributed by atoms with Crippen molar-refractivity contribution < 1.29 is 23.1 Å². The molecule has 2 aromatic carbocycles. The zero-order valence-electron chi connectivity index (χ0n) is 14.5. The number of nitrogens with one attached hydrogen (secondary N) is 1. The topological polar surface area (TPSA) is 104 Å². The van der Waals surface area contributed by atoms with Gasteiger partial charge in [0.05, 0.1) is 4.90 Å². The van der Waals surface area contributed by atoms with E-state index in [0.717, 1.165) is 12.0 Å². The maximum atomic E-state index is 12.9. The van der Waals surface area contributed by atoms with Crippen molar-refractivity contribution in [2.45, 2.75) is 17.2 Å². The molecule has 0 bridgehead atoms. The van der Waals surface area contributed by atoms with Gasteiger partial charge in [0.2, 0.25) is 10.0 Å². The van der Waals surface area contributed by atoms with Gasteiger partial charge in [0.25, 0.3) is 5.91 Å². The number of hydrogen-bond donors (Lipinski definition) is 2. The highest BCUT2D eigenvalue weighted by atomic mass is 32.2. The lowest BCUT2D eigenvalue weighted by Crippen LogP contribution is -2.30. The summed E-state index contributed by atoms with van der Waals surface area (Å²) in [5.74, 6) is -1.54. The molecule has 27 heavy (non-hydrogen) atoms. The van der Waals surface area contributed by atoms with Crippen LogP contribution in [0.5, 0.6) is 0 Å². The van der Waals surface area contributed by atoms with Crippen LogP contribution in [0.1, 0.15) is 28.3 Å². The summed E-state index contributed by atoms with van der Waals surface area (Å²) in [6, 6.07) is 15.4. The molecule has 0 aliphatic carbocycles. The Bertz CT molecular complexity index is 926. The molecular formula is C19H20N2O5S. The van der Waals surface area contributed by atoms with Crippen LogP contribution in [0.15, 0.2) is 59.5 Å². The van der Waals surface area contributed by atoms with Gasteiger partial charge in [-0.05, 0) is 42.2 Å². The van der Waals surface area contributed by atoms with Gasteiger partial charge >= 0.3 is 5.97 Å². The van der Waals surface area contributed by atoms with Crippen LogP contribution >= 0.6 is 0 Å². The van der Waals surface area contributed by atoms with Crippen molar-refractivity contribution in [3.63, 3.8) is 0 Å². The number of carbonyl (C=O) groups is 2. The second-order valence-electron chi connectivity index (χ2n) is 6.36. The molecule has 0 radical (unpaired) electrons. The van der Waals surface area contributed by atoms with E-state index < -0.39 is 28.4 Å². The summed E-state index contributed by atoms with van der Waals surface area (Å²) >= 11 is 0. The van der Waals surface area contributed by atoms with Crippen LogP contribution in [0.4, 0.5) is 0 Å². The number of carbonyl (C=O) groups excluding carboxylic acids is 1. The van der Waals surface area contributed by atoms with Crippen LogP contribution in [0, 0.1) is 0 Å². The third-order valence-electron chi connectivity index (χ3n) is 4.58. The van der Waals surface area contributed by atoms with Crippen molar-refractivity contribution in [2.75, 3.05) is 19.6 Å². The predicted molar refractivity (Wildman–Crippen MR) is 99.0 cm³/mol. The molecule has 7 nitrogen and oxygen atoms in total. The van der Waals surface area contributed by atoms with Gasteiger partial charge in [-0.15, -0.1) is 0 Å². The second kappa shape index (κ2) is 7.89. The highest BCUT2D eigenvalue weighted by Gasteiger charge is 2.33. The first-order valence-electron chi connectivity index (χ1n) is 8.53. The molecule has 0 aromatic heterocycles. The fourth-order valence-electron chi connectivity index (χ4n) is 3.13. The Labute approximate surface area is 157 Å². The van der Waals surface area contributed by atoms with Gasteiger partial charge in [0, 0.05) is 18.7 Å². The number of sulfonamides is 1. The smallest absolute Gasteiger partial charge is 0.322 e. The molecule has 142 valence electrons. The average Bonchev–Trinajstić information content (AvgIpc) is 3.18. The molecule has 1 saturated heterocycles. The van der Waals surface area contributed by atoms with E-state index >= 15 is 0 Å². The summed E-state index contributed by atoms with van der Waals surface area (Å²) in [7, 11) is -3.64. The molecule has 1 unspecified atom stereocenters. The summed E-state index contributed by atoms with van der Waals surface area (Å²) < 4.78 is 27.2. The Morgan fingerprint density at radius 3 is 2.37 bits per heavy atom. The zero-order valence-corrected chi connectivity index (χ0v) is 15.4. The number of rotatable bonds is 6. The molecule has 2 aromatic rings. The van der Waals surface area contributed by atoms with Gasteiger partial charge in [-0.25, -0.2) is 8.42 Å². The number of carboxylic acids is 1. The van der Waals surface area contributed by atoms with E-state index in [-0.39, 0.29) is 16.4 Å². The second-order valence-corrected chi connectivity index (χ2v) is 8.30. The van der Waals surface area contributed by atoms with E-state index in [1.807, 2.05) is 30.3 Å². The Balaban J connectivity index is 1.70. The average molecular weight is 388 g/mol. The molecule has 1 aliphatic rings. The van der Waals surface area contributed by atoms with Crippen molar-refractivity contribution >= 4 is 21.9 Å². The number of carboxylic acid groups (broad SMARTS) is 1. The fraction of sp³-hybridized carbons (Fsp3) is 0.263. The maximum Gasteiger partial charge on any atom is 0.322 e. The van der Waals surface area contributed by atoms with Crippen LogP contribution in [-0.2, 0) is 14.8 Å². The minimum absolute atomic E-state index is 0.117. The standard InChI is InChI=1S/C19H20N2O5S/c22-18(23)12-20-19(24)15-6-8-17(9-7-15)27(25,26)21-11-10-16(13-21)14-4-2-1-3-5-14/h1-9,16H,10-13H2,(H,20,24)(H,22,23). The highest BCUT2D eigenvalue weighted by molar-refractivity contribution is 7.89. The van der Waals surface area contributed by atoms with Crippen molar-refractivity contribution in [1.29, 1.82) is 0 Å². The van der Waals surface area contributed by atoms with Crippen molar-refractivity contribution in [3.8, 4) is 0 Å². The highest BCUT2D eigenvalue weighted by Crippen LogP contribution is 2.30. The number of hydrogen-bond acceptors (Lipinski definition) is 4. The van der Waals surface area contributed by atoms with Crippen LogP contribution in [0.25, 0.3) is 0 Å². The summed E-state index contributed by atoms with van der Waals surface area (Å²) in [4.78, 5) is 22.4. The third-order valence-corrected chi connectivity index (χ3v) is 6.46. The summed E-state index contributed by atoms with van der Waals surface area (Å²) in [5.41, 5.74) is 1.33. The molecule has 1 aliphatic heterocycles. The molecule has 1 heterocycles. The van der Waals surface area contributed by atoms with Gasteiger partial charge < -0.3 is 10.4 Å². The van der Waals surface area contributed by atoms with Gasteiger partial charge in [-0.2, -0.15) is 4.31 Å². The molecule has 0 spiro atoms. The first kappa shape index (κ1) is 19.1. The molecule has 1 atom stereocenters. The van der Waals surface area contributed by atoms with Crippen molar-refractivity contribution in [1.82, 2.24) is 9.62 Å². The van der Waals surface area contributed by atoms with Gasteiger partial charge in [-0.1, -0.05) is 30.3 Å². The minimum Gasteiger partial charge on any atom is -0.480 e. The van der Waals surface area contributed by atoms with E-state index in [2.05, 4.69) is 5.32 Å². The molecule has 2 N–H and O–H groups in total.